The number of Topliss-reactive ketones (excluding diaryl/α,β-unsaturated/α-hetero) is 1. The predicted octanol–water partition coefficient (Wildman–Crippen LogP) is 3.47. The Kier molecular flexibility index (Phi) is 11.5. The minimum Gasteiger partial charge on any atom is -0.447 e. The van der Waals surface area contributed by atoms with Crippen LogP contribution in [0.2, 0.25) is 0 Å². The van der Waals surface area contributed by atoms with Crippen LogP contribution in [-0.4, -0.2) is 60.1 Å². The summed E-state index contributed by atoms with van der Waals surface area (Å²) >= 11 is 1.38. The predicted molar refractivity (Wildman–Crippen MR) is 146 cm³/mol. The Bertz CT molecular complexity index is 1070. The largest absolute Gasteiger partial charge is 0.447 e. The lowest BCUT2D eigenvalue weighted by Crippen LogP contribution is -2.53. The number of hydrogen-bond acceptors (Lipinski definition) is 7. The first kappa shape index (κ1) is 29.0. The third kappa shape index (κ3) is 10.1. The van der Waals surface area contributed by atoms with E-state index in [1.54, 1.807) is 0 Å². The molecule has 1 aliphatic rings. The summed E-state index contributed by atoms with van der Waals surface area (Å²) < 4.78 is 10.2. The molecular weight excluding hydrogens is 506 g/mol. The van der Waals surface area contributed by atoms with Gasteiger partial charge in [-0.05, 0) is 29.9 Å². The van der Waals surface area contributed by atoms with E-state index in [4.69, 9.17) is 9.47 Å². The van der Waals surface area contributed by atoms with Crippen LogP contribution in [0.15, 0.2) is 60.7 Å². The van der Waals surface area contributed by atoms with Crippen molar-refractivity contribution in [1.29, 1.82) is 0 Å². The summed E-state index contributed by atoms with van der Waals surface area (Å²) in [6.45, 7) is 4.26. The van der Waals surface area contributed by atoms with E-state index in [9.17, 15) is 19.2 Å². The normalized spacial score (nSPS) is 16.2. The zero-order chi connectivity index (χ0) is 27.3. The van der Waals surface area contributed by atoms with E-state index < -0.39 is 30.2 Å². The third-order valence-corrected chi connectivity index (χ3v) is 6.94. The highest BCUT2D eigenvalue weighted by Gasteiger charge is 2.29. The highest BCUT2D eigenvalue weighted by Crippen LogP contribution is 2.13. The maximum atomic E-state index is 13.3. The van der Waals surface area contributed by atoms with Crippen LogP contribution in [0, 0.1) is 5.92 Å². The van der Waals surface area contributed by atoms with Crippen LogP contribution in [-0.2, 0) is 32.1 Å². The van der Waals surface area contributed by atoms with Gasteiger partial charge in [-0.25, -0.2) is 9.59 Å². The Balaban J connectivity index is 1.61. The van der Waals surface area contributed by atoms with Crippen molar-refractivity contribution in [2.24, 2.45) is 5.92 Å². The summed E-state index contributed by atoms with van der Waals surface area (Å²) in [5.74, 6) is 0.209. The van der Waals surface area contributed by atoms with Crippen LogP contribution < -0.4 is 16.0 Å². The minimum atomic E-state index is -0.858. The summed E-state index contributed by atoms with van der Waals surface area (Å²) in [6, 6.07) is 16.9. The fourth-order valence-electron chi connectivity index (χ4n) is 3.90. The Labute approximate surface area is 227 Å². The van der Waals surface area contributed by atoms with Crippen LogP contribution >= 0.6 is 11.8 Å². The highest BCUT2D eigenvalue weighted by atomic mass is 32.2. The van der Waals surface area contributed by atoms with Gasteiger partial charge in [-0.3, -0.25) is 9.59 Å². The van der Waals surface area contributed by atoms with Gasteiger partial charge in [0.2, 0.25) is 5.91 Å². The maximum Gasteiger partial charge on any atom is 0.408 e. The molecule has 0 bridgehead atoms. The number of benzene rings is 2. The summed E-state index contributed by atoms with van der Waals surface area (Å²) in [6.07, 6.45) is -0.448. The average Bonchev–Trinajstić information content (AvgIpc) is 3.32. The van der Waals surface area contributed by atoms with E-state index in [1.807, 2.05) is 74.5 Å². The third-order valence-electron chi connectivity index (χ3n) is 5.82. The number of carbonyl (C=O) groups excluding carboxylic acids is 4. The molecular formula is C28H35N3O6S. The molecule has 2 aromatic carbocycles. The molecule has 1 heterocycles. The fourth-order valence-corrected chi connectivity index (χ4v) is 4.88. The Morgan fingerprint density at radius 1 is 1.00 bits per heavy atom. The number of thioether (sulfide) groups is 1. The van der Waals surface area contributed by atoms with Gasteiger partial charge in [0.25, 0.3) is 0 Å². The molecule has 0 spiro atoms. The van der Waals surface area contributed by atoms with Crippen molar-refractivity contribution in [3.8, 4) is 0 Å². The van der Waals surface area contributed by atoms with Crippen LogP contribution in [0.5, 0.6) is 0 Å². The molecule has 9 nitrogen and oxygen atoms in total. The highest BCUT2D eigenvalue weighted by molar-refractivity contribution is 8.00. The smallest absolute Gasteiger partial charge is 0.408 e. The molecule has 1 fully saturated rings. The van der Waals surface area contributed by atoms with Gasteiger partial charge in [0.15, 0.2) is 5.78 Å². The Hall–Kier alpha value is -3.53. The van der Waals surface area contributed by atoms with E-state index in [0.29, 0.717) is 18.6 Å². The number of ether oxygens (including phenoxy) is 2. The van der Waals surface area contributed by atoms with Gasteiger partial charge in [-0.1, -0.05) is 74.5 Å². The van der Waals surface area contributed by atoms with Crippen molar-refractivity contribution in [3.63, 3.8) is 0 Å². The van der Waals surface area contributed by atoms with Crippen molar-refractivity contribution in [2.45, 2.75) is 51.4 Å². The fraction of sp³-hybridized carbons (Fsp3) is 0.429. The first-order chi connectivity index (χ1) is 18.3. The number of ketones is 1. The number of rotatable bonds is 14. The molecule has 2 aromatic rings. The topological polar surface area (TPSA) is 123 Å². The first-order valence-electron chi connectivity index (χ1n) is 12.7. The van der Waals surface area contributed by atoms with Gasteiger partial charge in [0, 0.05) is 5.75 Å². The molecule has 3 amide bonds. The molecule has 3 N–H and O–H groups in total. The molecule has 0 aliphatic carbocycles. The van der Waals surface area contributed by atoms with Crippen molar-refractivity contribution in [2.75, 3.05) is 18.1 Å². The van der Waals surface area contributed by atoms with Gasteiger partial charge in [-0.2, -0.15) is 11.8 Å². The number of carbonyl (C=O) groups is 4. The van der Waals surface area contributed by atoms with E-state index in [1.165, 1.54) is 11.8 Å². The lowest BCUT2D eigenvalue weighted by Gasteiger charge is -2.24. The lowest BCUT2D eigenvalue weighted by molar-refractivity contribution is -0.128. The summed E-state index contributed by atoms with van der Waals surface area (Å²) in [7, 11) is 0. The number of nitrogens with one attached hydrogen (secondary N) is 3. The van der Waals surface area contributed by atoms with Gasteiger partial charge < -0.3 is 25.4 Å². The lowest BCUT2D eigenvalue weighted by atomic mass is 10.00. The van der Waals surface area contributed by atoms with Crippen LogP contribution in [0.25, 0.3) is 0 Å². The maximum absolute atomic E-state index is 13.3. The second kappa shape index (κ2) is 15.0. The molecule has 3 rings (SSSR count). The minimum absolute atomic E-state index is 0.0848. The molecule has 1 aliphatic heterocycles. The summed E-state index contributed by atoms with van der Waals surface area (Å²) in [5.41, 5.74) is 1.74. The van der Waals surface area contributed by atoms with E-state index >= 15 is 0 Å². The molecule has 1 unspecified atom stereocenters. The molecule has 38 heavy (non-hydrogen) atoms. The van der Waals surface area contributed by atoms with Crippen molar-refractivity contribution < 1.29 is 28.7 Å². The van der Waals surface area contributed by atoms with Crippen LogP contribution in [0.3, 0.4) is 0 Å². The van der Waals surface area contributed by atoms with E-state index in [2.05, 4.69) is 16.0 Å². The number of cyclic esters (lactones) is 1. The molecule has 0 saturated carbocycles. The molecule has 204 valence electrons. The van der Waals surface area contributed by atoms with Gasteiger partial charge >= 0.3 is 12.2 Å². The van der Waals surface area contributed by atoms with Gasteiger partial charge in [0.1, 0.15) is 19.3 Å². The molecule has 1 saturated heterocycles. The molecule has 0 radical (unpaired) electrons. The monoisotopic (exact) mass is 541 g/mol. The van der Waals surface area contributed by atoms with Crippen LogP contribution in [0.4, 0.5) is 9.59 Å². The SMILES string of the molecule is CC(C)C[C@H](NC(=O)OCc1ccccc1)C(=O)NC(Cc1ccccc1)C(=O)CSC[C@@H]1COC(=O)N1. The Morgan fingerprint density at radius 2 is 1.66 bits per heavy atom. The van der Waals surface area contributed by atoms with Crippen molar-refractivity contribution >= 4 is 35.6 Å². The van der Waals surface area contributed by atoms with Gasteiger partial charge in [-0.15, -0.1) is 0 Å². The molecule has 3 atom stereocenters. The quantitative estimate of drug-likeness (QED) is 0.335. The summed E-state index contributed by atoms with van der Waals surface area (Å²) in [5, 5.41) is 8.22. The van der Waals surface area contributed by atoms with Crippen LogP contribution in [0.1, 0.15) is 31.4 Å². The number of alkyl carbamates (subject to hydrolysis) is 2. The second-order valence-electron chi connectivity index (χ2n) is 9.56. The summed E-state index contributed by atoms with van der Waals surface area (Å²) in [4.78, 5) is 50.2. The zero-order valence-corrected chi connectivity index (χ0v) is 22.5. The van der Waals surface area contributed by atoms with Crippen molar-refractivity contribution in [3.05, 3.63) is 71.8 Å². The second-order valence-corrected chi connectivity index (χ2v) is 10.6. The average molecular weight is 542 g/mol. The van der Waals surface area contributed by atoms with E-state index in [0.717, 1.165) is 11.1 Å². The standard InChI is InChI=1S/C28H35N3O6S/c1-19(2)13-24(31-28(35)36-15-21-11-7-4-8-12-21)26(33)30-23(14-20-9-5-3-6-10-20)25(32)18-38-17-22-16-37-27(34)29-22/h3-12,19,22-24H,13-18H2,1-2H3,(H,29,34)(H,30,33)(H,31,35)/t22-,23?,24-/m0/s1. The molecule has 0 aromatic heterocycles. The number of amides is 3. The first-order valence-corrected chi connectivity index (χ1v) is 13.8. The molecule has 10 heteroatoms. The van der Waals surface area contributed by atoms with Crippen molar-refractivity contribution in [1.82, 2.24) is 16.0 Å². The zero-order valence-electron chi connectivity index (χ0n) is 21.7. The number of hydrogen-bond donors (Lipinski definition) is 3. The Morgan fingerprint density at radius 3 is 2.26 bits per heavy atom. The van der Waals surface area contributed by atoms with Gasteiger partial charge in [0.05, 0.1) is 17.8 Å². The van der Waals surface area contributed by atoms with E-state index in [-0.39, 0.29) is 36.7 Å².